The van der Waals surface area contributed by atoms with Crippen LogP contribution in [0.2, 0.25) is 0 Å². The van der Waals surface area contributed by atoms with Crippen LogP contribution in [-0.4, -0.2) is 6.54 Å². The van der Waals surface area contributed by atoms with E-state index in [0.717, 1.165) is 25.1 Å². The molecule has 0 fully saturated rings. The van der Waals surface area contributed by atoms with Crippen LogP contribution in [0.1, 0.15) is 24.8 Å². The molecule has 0 heterocycles. The van der Waals surface area contributed by atoms with Crippen molar-refractivity contribution in [3.8, 4) is 0 Å². The van der Waals surface area contributed by atoms with Gasteiger partial charge < -0.3 is 11.5 Å². The summed E-state index contributed by atoms with van der Waals surface area (Å²) in [5.74, 6) is 0. The van der Waals surface area contributed by atoms with Crippen LogP contribution in [0.5, 0.6) is 0 Å². The summed E-state index contributed by atoms with van der Waals surface area (Å²) >= 11 is 0. The van der Waals surface area contributed by atoms with Gasteiger partial charge in [0, 0.05) is 5.69 Å². The average molecular weight is 178 g/mol. The topological polar surface area (TPSA) is 52.0 Å². The van der Waals surface area contributed by atoms with Crippen molar-refractivity contribution < 1.29 is 0 Å². The van der Waals surface area contributed by atoms with Crippen molar-refractivity contribution >= 4 is 5.69 Å². The van der Waals surface area contributed by atoms with Crippen molar-refractivity contribution in [1.29, 1.82) is 0 Å². The molecule has 0 radical (unpaired) electrons. The van der Waals surface area contributed by atoms with Gasteiger partial charge in [-0.1, -0.05) is 18.6 Å². The van der Waals surface area contributed by atoms with Crippen molar-refractivity contribution in [3.63, 3.8) is 0 Å². The first kappa shape index (κ1) is 10.1. The van der Waals surface area contributed by atoms with Crippen LogP contribution in [-0.2, 0) is 6.42 Å². The molecule has 0 aliphatic heterocycles. The Morgan fingerprint density at radius 3 is 2.62 bits per heavy atom. The maximum absolute atomic E-state index is 5.67. The third-order valence-electron chi connectivity index (χ3n) is 2.12. The Morgan fingerprint density at radius 2 is 1.92 bits per heavy atom. The highest BCUT2D eigenvalue weighted by Gasteiger charge is 1.93. The minimum Gasteiger partial charge on any atom is -0.399 e. The van der Waals surface area contributed by atoms with Gasteiger partial charge in [-0.25, -0.2) is 0 Å². The predicted molar refractivity (Wildman–Crippen MR) is 57.5 cm³/mol. The molecule has 2 nitrogen and oxygen atoms in total. The monoisotopic (exact) mass is 178 g/mol. The van der Waals surface area contributed by atoms with Gasteiger partial charge in [-0.05, 0) is 43.5 Å². The van der Waals surface area contributed by atoms with Crippen LogP contribution in [0.4, 0.5) is 5.69 Å². The molecule has 13 heavy (non-hydrogen) atoms. The number of aryl methyl sites for hydroxylation is 1. The van der Waals surface area contributed by atoms with Gasteiger partial charge in [-0.2, -0.15) is 0 Å². The molecular formula is C11H18N2. The summed E-state index contributed by atoms with van der Waals surface area (Å²) < 4.78 is 0. The van der Waals surface area contributed by atoms with Gasteiger partial charge in [0.2, 0.25) is 0 Å². The Kier molecular flexibility index (Phi) is 4.33. The summed E-state index contributed by atoms with van der Waals surface area (Å²) in [4.78, 5) is 0. The number of rotatable bonds is 5. The zero-order valence-electron chi connectivity index (χ0n) is 8.00. The molecule has 1 aromatic carbocycles. The van der Waals surface area contributed by atoms with Gasteiger partial charge in [0.05, 0.1) is 0 Å². The molecule has 0 aliphatic rings. The standard InChI is InChI=1S/C11H18N2/c12-8-3-1-2-5-10-6-4-7-11(13)9-10/h4,6-7,9H,1-3,5,8,12-13H2. The Hall–Kier alpha value is -1.02. The molecule has 72 valence electrons. The minimum absolute atomic E-state index is 0.803. The van der Waals surface area contributed by atoms with E-state index in [1.165, 1.54) is 18.4 Å². The van der Waals surface area contributed by atoms with Gasteiger partial charge in [-0.15, -0.1) is 0 Å². The van der Waals surface area contributed by atoms with Gasteiger partial charge in [-0.3, -0.25) is 0 Å². The Balaban J connectivity index is 2.28. The lowest BCUT2D eigenvalue weighted by molar-refractivity contribution is 0.687. The highest BCUT2D eigenvalue weighted by atomic mass is 14.5. The van der Waals surface area contributed by atoms with Gasteiger partial charge in [0.1, 0.15) is 0 Å². The van der Waals surface area contributed by atoms with E-state index < -0.39 is 0 Å². The van der Waals surface area contributed by atoms with E-state index >= 15 is 0 Å². The molecule has 0 unspecified atom stereocenters. The summed E-state index contributed by atoms with van der Waals surface area (Å²) in [6.45, 7) is 0.803. The third-order valence-corrected chi connectivity index (χ3v) is 2.12. The number of hydrogen-bond donors (Lipinski definition) is 2. The second kappa shape index (κ2) is 5.60. The SMILES string of the molecule is NCCCCCc1cccc(N)c1. The first-order chi connectivity index (χ1) is 6.33. The Labute approximate surface area is 79.9 Å². The molecular weight excluding hydrogens is 160 g/mol. The highest BCUT2D eigenvalue weighted by molar-refractivity contribution is 5.40. The van der Waals surface area contributed by atoms with Crippen LogP contribution in [0.15, 0.2) is 24.3 Å². The number of hydrogen-bond acceptors (Lipinski definition) is 2. The Morgan fingerprint density at radius 1 is 1.08 bits per heavy atom. The fourth-order valence-electron chi connectivity index (χ4n) is 1.40. The van der Waals surface area contributed by atoms with Crippen LogP contribution in [0.3, 0.4) is 0 Å². The van der Waals surface area contributed by atoms with E-state index in [-0.39, 0.29) is 0 Å². The summed E-state index contributed by atoms with van der Waals surface area (Å²) in [6.07, 6.45) is 4.67. The van der Waals surface area contributed by atoms with E-state index in [1.54, 1.807) is 0 Å². The average Bonchev–Trinajstić information content (AvgIpc) is 2.13. The van der Waals surface area contributed by atoms with Crippen LogP contribution in [0, 0.1) is 0 Å². The van der Waals surface area contributed by atoms with Gasteiger partial charge >= 0.3 is 0 Å². The highest BCUT2D eigenvalue weighted by Crippen LogP contribution is 2.10. The summed E-state index contributed by atoms with van der Waals surface area (Å²) in [5, 5.41) is 0. The van der Waals surface area contributed by atoms with E-state index in [4.69, 9.17) is 11.5 Å². The Bertz CT molecular complexity index is 246. The second-order valence-electron chi connectivity index (χ2n) is 3.34. The number of nitrogens with two attached hydrogens (primary N) is 2. The lowest BCUT2D eigenvalue weighted by Gasteiger charge is -2.01. The molecule has 0 amide bonds. The van der Waals surface area contributed by atoms with Crippen molar-refractivity contribution in [3.05, 3.63) is 29.8 Å². The zero-order valence-corrected chi connectivity index (χ0v) is 8.00. The van der Waals surface area contributed by atoms with Gasteiger partial charge in [0.15, 0.2) is 0 Å². The molecule has 1 aromatic rings. The largest absolute Gasteiger partial charge is 0.399 e. The lowest BCUT2D eigenvalue weighted by Crippen LogP contribution is -1.98. The predicted octanol–water partition coefficient (Wildman–Crippen LogP) is 1.94. The van der Waals surface area contributed by atoms with E-state index in [1.807, 2.05) is 18.2 Å². The normalized spacial score (nSPS) is 10.2. The van der Waals surface area contributed by atoms with Crippen LogP contribution < -0.4 is 11.5 Å². The number of benzene rings is 1. The zero-order chi connectivity index (χ0) is 9.52. The lowest BCUT2D eigenvalue weighted by atomic mass is 10.1. The molecule has 0 spiro atoms. The maximum atomic E-state index is 5.67. The molecule has 0 aromatic heterocycles. The second-order valence-corrected chi connectivity index (χ2v) is 3.34. The number of anilines is 1. The number of nitrogen functional groups attached to an aromatic ring is 1. The molecule has 2 heteroatoms. The quantitative estimate of drug-likeness (QED) is 0.535. The van der Waals surface area contributed by atoms with E-state index in [2.05, 4.69) is 6.07 Å². The van der Waals surface area contributed by atoms with E-state index in [9.17, 15) is 0 Å². The summed E-state index contributed by atoms with van der Waals surface area (Å²) in [7, 11) is 0. The molecule has 0 bridgehead atoms. The van der Waals surface area contributed by atoms with E-state index in [0.29, 0.717) is 0 Å². The first-order valence-electron chi connectivity index (χ1n) is 4.87. The smallest absolute Gasteiger partial charge is 0.0316 e. The molecule has 0 saturated heterocycles. The van der Waals surface area contributed by atoms with Crippen molar-refractivity contribution in [2.24, 2.45) is 5.73 Å². The first-order valence-corrected chi connectivity index (χ1v) is 4.87. The fourth-order valence-corrected chi connectivity index (χ4v) is 1.40. The molecule has 4 N–H and O–H groups in total. The minimum atomic E-state index is 0.803. The third kappa shape index (κ3) is 3.95. The fraction of sp³-hybridized carbons (Fsp3) is 0.455. The van der Waals surface area contributed by atoms with Crippen LogP contribution in [0.25, 0.3) is 0 Å². The number of unbranched alkanes of at least 4 members (excludes halogenated alkanes) is 2. The van der Waals surface area contributed by atoms with Crippen molar-refractivity contribution in [2.45, 2.75) is 25.7 Å². The molecule has 0 saturated carbocycles. The maximum Gasteiger partial charge on any atom is 0.0316 e. The molecule has 1 rings (SSSR count). The van der Waals surface area contributed by atoms with Gasteiger partial charge in [0.25, 0.3) is 0 Å². The summed E-state index contributed by atoms with van der Waals surface area (Å²) in [6, 6.07) is 8.10. The van der Waals surface area contributed by atoms with Crippen molar-refractivity contribution in [2.75, 3.05) is 12.3 Å². The van der Waals surface area contributed by atoms with Crippen molar-refractivity contribution in [1.82, 2.24) is 0 Å². The molecule has 0 atom stereocenters. The van der Waals surface area contributed by atoms with Crippen LogP contribution >= 0.6 is 0 Å². The molecule has 0 aliphatic carbocycles. The summed E-state index contributed by atoms with van der Waals surface area (Å²) in [5.41, 5.74) is 13.3.